The van der Waals surface area contributed by atoms with Gasteiger partial charge in [-0.15, -0.1) is 13.2 Å². The second-order valence-corrected chi connectivity index (χ2v) is 6.79. The van der Waals surface area contributed by atoms with Gasteiger partial charge in [0.1, 0.15) is 0 Å². The van der Waals surface area contributed by atoms with E-state index in [4.69, 9.17) is 33.2 Å². The van der Waals surface area contributed by atoms with E-state index in [1.807, 2.05) is 0 Å². The van der Waals surface area contributed by atoms with Crippen LogP contribution in [0, 0.1) is 16.7 Å². The number of ether oxygens (including phenoxy) is 7. The zero-order valence-electron chi connectivity index (χ0n) is 19.2. The van der Waals surface area contributed by atoms with E-state index in [-0.39, 0.29) is 0 Å². The predicted molar refractivity (Wildman–Crippen MR) is 119 cm³/mol. The van der Waals surface area contributed by atoms with Crippen LogP contribution in [0.5, 0.6) is 0 Å². The SMILES string of the molecule is C=CCC(C#N)(CC=C)CCOCCOCCOCCOCCOCCOCCOC. The van der Waals surface area contributed by atoms with Gasteiger partial charge in [-0.1, -0.05) is 12.2 Å². The highest BCUT2D eigenvalue weighted by Crippen LogP contribution is 2.30. The molecule has 8 heteroatoms. The molecule has 0 atom stereocenters. The number of methoxy groups -OCH3 is 1. The van der Waals surface area contributed by atoms with Crippen molar-refractivity contribution in [3.05, 3.63) is 25.3 Å². The molecule has 0 aromatic heterocycles. The number of hydrogen-bond acceptors (Lipinski definition) is 8. The second kappa shape index (κ2) is 23.4. The van der Waals surface area contributed by atoms with Crippen LogP contribution < -0.4 is 0 Å². The highest BCUT2D eigenvalue weighted by atomic mass is 16.6. The minimum absolute atomic E-state index is 0.467. The summed E-state index contributed by atoms with van der Waals surface area (Å²) in [6, 6.07) is 2.38. The Kier molecular flexibility index (Phi) is 22.4. The van der Waals surface area contributed by atoms with Gasteiger partial charge in [0.05, 0.1) is 90.8 Å². The summed E-state index contributed by atoms with van der Waals surface area (Å²) in [4.78, 5) is 0. The van der Waals surface area contributed by atoms with Crippen LogP contribution in [0.25, 0.3) is 0 Å². The molecule has 0 rings (SSSR count). The quantitative estimate of drug-likeness (QED) is 0.157. The van der Waals surface area contributed by atoms with Gasteiger partial charge in [0.15, 0.2) is 0 Å². The second-order valence-electron chi connectivity index (χ2n) is 6.79. The molecule has 0 aliphatic heterocycles. The summed E-state index contributed by atoms with van der Waals surface area (Å²) in [7, 11) is 1.64. The monoisotopic (exact) mass is 443 g/mol. The average molecular weight is 444 g/mol. The Balaban J connectivity index is 3.32. The first kappa shape index (κ1) is 29.7. The molecular weight excluding hydrogens is 402 g/mol. The summed E-state index contributed by atoms with van der Waals surface area (Å²) < 4.78 is 37.4. The summed E-state index contributed by atoms with van der Waals surface area (Å²) in [6.07, 6.45) is 5.47. The van der Waals surface area contributed by atoms with E-state index in [2.05, 4.69) is 19.2 Å². The van der Waals surface area contributed by atoms with E-state index in [1.54, 1.807) is 19.3 Å². The fraction of sp³-hybridized carbons (Fsp3) is 0.783. The van der Waals surface area contributed by atoms with Gasteiger partial charge in [-0.25, -0.2) is 0 Å². The lowest BCUT2D eigenvalue weighted by Gasteiger charge is -2.23. The lowest BCUT2D eigenvalue weighted by molar-refractivity contribution is -0.0197. The molecule has 0 fully saturated rings. The molecule has 0 saturated carbocycles. The first-order valence-electron chi connectivity index (χ1n) is 10.8. The van der Waals surface area contributed by atoms with Crippen LogP contribution in [0.3, 0.4) is 0 Å². The Morgan fingerprint density at radius 3 is 1.23 bits per heavy atom. The van der Waals surface area contributed by atoms with Crippen molar-refractivity contribution in [2.75, 3.05) is 93.0 Å². The Bertz CT molecular complexity index is 444. The maximum atomic E-state index is 9.43. The number of nitrogens with zero attached hydrogens (tertiary/aromatic N) is 1. The first-order chi connectivity index (χ1) is 15.2. The number of nitriles is 1. The van der Waals surface area contributed by atoms with Gasteiger partial charge in [-0.2, -0.15) is 5.26 Å². The Labute approximate surface area is 188 Å². The molecule has 0 aliphatic carbocycles. The molecule has 0 heterocycles. The zero-order chi connectivity index (χ0) is 22.9. The van der Waals surface area contributed by atoms with Crippen molar-refractivity contribution in [2.45, 2.75) is 19.3 Å². The molecule has 0 aromatic rings. The topological polar surface area (TPSA) is 88.4 Å². The molecule has 0 radical (unpaired) electrons. The van der Waals surface area contributed by atoms with Crippen LogP contribution >= 0.6 is 0 Å². The van der Waals surface area contributed by atoms with Crippen LogP contribution in [0.1, 0.15) is 19.3 Å². The molecule has 0 amide bonds. The smallest absolute Gasteiger partial charge is 0.0701 e. The average Bonchev–Trinajstić information content (AvgIpc) is 2.78. The van der Waals surface area contributed by atoms with Gasteiger partial charge >= 0.3 is 0 Å². The molecule has 8 nitrogen and oxygen atoms in total. The summed E-state index contributed by atoms with van der Waals surface area (Å²) >= 11 is 0. The summed E-state index contributed by atoms with van der Waals surface area (Å²) in [5, 5.41) is 9.43. The van der Waals surface area contributed by atoms with Gasteiger partial charge < -0.3 is 33.2 Å². The molecule has 0 N–H and O–H groups in total. The van der Waals surface area contributed by atoms with Crippen molar-refractivity contribution in [2.24, 2.45) is 5.41 Å². The van der Waals surface area contributed by atoms with Crippen molar-refractivity contribution in [3.63, 3.8) is 0 Å². The van der Waals surface area contributed by atoms with Crippen molar-refractivity contribution in [1.29, 1.82) is 5.26 Å². The highest BCUT2D eigenvalue weighted by Gasteiger charge is 2.26. The molecule has 0 spiro atoms. The molecule has 0 saturated heterocycles. The van der Waals surface area contributed by atoms with E-state index in [1.165, 1.54) is 0 Å². The number of allylic oxidation sites excluding steroid dienone is 2. The lowest BCUT2D eigenvalue weighted by Crippen LogP contribution is -2.20. The largest absolute Gasteiger partial charge is 0.382 e. The van der Waals surface area contributed by atoms with E-state index >= 15 is 0 Å². The summed E-state index contributed by atoms with van der Waals surface area (Å²) in [6.45, 7) is 14.4. The summed E-state index contributed by atoms with van der Waals surface area (Å²) in [5.41, 5.74) is -0.467. The van der Waals surface area contributed by atoms with Crippen LogP contribution in [0.4, 0.5) is 0 Å². The Hall–Kier alpha value is -1.31. The fourth-order valence-electron chi connectivity index (χ4n) is 2.60. The fourth-order valence-corrected chi connectivity index (χ4v) is 2.60. The van der Waals surface area contributed by atoms with E-state index in [0.29, 0.717) is 105 Å². The van der Waals surface area contributed by atoms with Crippen molar-refractivity contribution in [3.8, 4) is 6.07 Å². The van der Waals surface area contributed by atoms with Crippen molar-refractivity contribution in [1.82, 2.24) is 0 Å². The first-order valence-corrected chi connectivity index (χ1v) is 10.8. The third kappa shape index (κ3) is 19.1. The third-order valence-electron chi connectivity index (χ3n) is 4.32. The van der Waals surface area contributed by atoms with Crippen LogP contribution in [0.2, 0.25) is 0 Å². The van der Waals surface area contributed by atoms with E-state index in [0.717, 1.165) is 0 Å². The normalized spacial score (nSPS) is 11.4. The van der Waals surface area contributed by atoms with Crippen LogP contribution in [-0.2, 0) is 33.2 Å². The summed E-state index contributed by atoms with van der Waals surface area (Å²) in [5.74, 6) is 0. The lowest BCUT2D eigenvalue weighted by atomic mass is 9.80. The van der Waals surface area contributed by atoms with Gasteiger partial charge in [0.25, 0.3) is 0 Å². The maximum Gasteiger partial charge on any atom is 0.0701 e. The number of rotatable bonds is 25. The molecule has 31 heavy (non-hydrogen) atoms. The Morgan fingerprint density at radius 2 is 0.935 bits per heavy atom. The minimum atomic E-state index is -0.467. The third-order valence-corrected chi connectivity index (χ3v) is 4.32. The minimum Gasteiger partial charge on any atom is -0.382 e. The van der Waals surface area contributed by atoms with Gasteiger partial charge in [0.2, 0.25) is 0 Å². The molecule has 0 aliphatic rings. The van der Waals surface area contributed by atoms with Gasteiger partial charge in [-0.3, -0.25) is 0 Å². The maximum absolute atomic E-state index is 9.43. The standard InChI is InChI=1S/C23H41NO7/c1-4-6-23(22-24,7-5-2)8-9-26-12-13-28-16-17-30-20-21-31-19-18-29-15-14-27-11-10-25-3/h4-5H,1-2,6-21H2,3H3. The van der Waals surface area contributed by atoms with E-state index in [9.17, 15) is 5.26 Å². The molecule has 0 bridgehead atoms. The molecule has 0 aromatic carbocycles. The molecule has 0 unspecified atom stereocenters. The highest BCUT2D eigenvalue weighted by molar-refractivity contribution is 5.05. The van der Waals surface area contributed by atoms with E-state index < -0.39 is 5.41 Å². The Morgan fingerprint density at radius 1 is 0.613 bits per heavy atom. The van der Waals surface area contributed by atoms with Crippen molar-refractivity contribution >= 4 is 0 Å². The van der Waals surface area contributed by atoms with Crippen LogP contribution in [0.15, 0.2) is 25.3 Å². The number of hydrogen-bond donors (Lipinski definition) is 0. The van der Waals surface area contributed by atoms with Crippen molar-refractivity contribution < 1.29 is 33.2 Å². The predicted octanol–water partition coefficient (Wildman–Crippen LogP) is 2.78. The molecule has 180 valence electrons. The molecular formula is C23H41NO7. The zero-order valence-corrected chi connectivity index (χ0v) is 19.2. The van der Waals surface area contributed by atoms with Gasteiger partial charge in [0, 0.05) is 13.7 Å². The van der Waals surface area contributed by atoms with Gasteiger partial charge in [-0.05, 0) is 19.3 Å². The van der Waals surface area contributed by atoms with Crippen LogP contribution in [-0.4, -0.2) is 93.0 Å².